The number of nitrogens with zero attached hydrogens (tertiary/aromatic N) is 2. The fourth-order valence-corrected chi connectivity index (χ4v) is 7.32. The maximum absolute atomic E-state index is 8.55. The fraction of sp³-hybridized carbons (Fsp3) is 0. The third-order valence-corrected chi connectivity index (χ3v) is 10.4. The largest absolute Gasteiger partial charge is 0.311 e. The van der Waals surface area contributed by atoms with Crippen molar-refractivity contribution < 1.29 is 21.9 Å². The van der Waals surface area contributed by atoms with Gasteiger partial charge < -0.3 is 9.80 Å². The number of rotatable bonds is 11. The normalized spacial score (nSPS) is 14.5. The Morgan fingerprint density at radius 2 is 0.339 bits per heavy atom. The lowest BCUT2D eigenvalue weighted by Gasteiger charge is -2.27. The zero-order valence-corrected chi connectivity index (χ0v) is 33.1. The molecule has 0 saturated heterocycles. The van der Waals surface area contributed by atoms with Crippen molar-refractivity contribution in [3.05, 3.63) is 267 Å². The lowest BCUT2D eigenvalue weighted by atomic mass is 10.0. The van der Waals surface area contributed by atoms with Gasteiger partial charge in [0.1, 0.15) is 0 Å². The minimum Gasteiger partial charge on any atom is -0.311 e. The Morgan fingerprint density at radius 3 is 0.500 bits per heavy atom. The number of benzene rings is 10. The topological polar surface area (TPSA) is 6.48 Å². The minimum absolute atomic E-state index is 0.152. The number of anilines is 6. The molecule has 0 radical (unpaired) electrons. The van der Waals surface area contributed by atoms with E-state index in [2.05, 4.69) is 0 Å². The van der Waals surface area contributed by atoms with E-state index in [4.69, 9.17) is 21.9 Å². The van der Waals surface area contributed by atoms with E-state index >= 15 is 0 Å². The van der Waals surface area contributed by atoms with Gasteiger partial charge in [-0.3, -0.25) is 0 Å². The summed E-state index contributed by atoms with van der Waals surface area (Å²) in [5, 5.41) is 0. The molecule has 0 aromatic heterocycles. The average molecular weight is 809 g/mol. The van der Waals surface area contributed by atoms with Gasteiger partial charge in [-0.15, -0.1) is 0 Å². The highest BCUT2D eigenvalue weighted by atomic mass is 15.1. The van der Waals surface area contributed by atoms with Gasteiger partial charge in [0.05, 0.1) is 21.9 Å². The van der Waals surface area contributed by atoms with Crippen LogP contribution in [-0.2, 0) is 0 Å². The highest BCUT2D eigenvalue weighted by Crippen LogP contribution is 2.40. The molecule has 10 rings (SSSR count). The third-order valence-electron chi connectivity index (χ3n) is 10.4. The van der Waals surface area contributed by atoms with Crippen molar-refractivity contribution in [2.45, 2.75) is 0 Å². The van der Waals surface area contributed by atoms with Gasteiger partial charge in [0, 0.05) is 34.1 Å². The van der Waals surface area contributed by atoms with Crippen LogP contribution in [0.15, 0.2) is 267 Å². The monoisotopic (exact) mass is 808 g/mol. The predicted octanol–water partition coefficient (Wildman–Crippen LogP) is 17.0. The molecule has 0 N–H and O–H groups in total. The second kappa shape index (κ2) is 17.6. The van der Waals surface area contributed by atoms with Gasteiger partial charge in [-0.25, -0.2) is 0 Å². The molecule has 0 spiro atoms. The molecule has 0 fully saturated rings. The molecule has 0 bridgehead atoms. The molecule has 0 heterocycles. The first kappa shape index (κ1) is 24.2. The second-order valence-corrected chi connectivity index (χ2v) is 14.2. The van der Waals surface area contributed by atoms with Crippen molar-refractivity contribution in [2.24, 2.45) is 0 Å². The first-order valence-electron chi connectivity index (χ1n) is 27.8. The van der Waals surface area contributed by atoms with Gasteiger partial charge in [-0.05, 0) is 128 Å². The number of hydrogen-bond donors (Lipinski definition) is 0. The molecule has 10 aromatic rings. The fourth-order valence-electron chi connectivity index (χ4n) is 7.32. The lowest BCUT2D eigenvalue weighted by Crippen LogP contribution is -2.10. The minimum atomic E-state index is -0.154. The van der Waals surface area contributed by atoms with Gasteiger partial charge in [0.25, 0.3) is 0 Å². The van der Waals surface area contributed by atoms with Crippen LogP contribution in [0.5, 0.6) is 0 Å². The molecule has 294 valence electrons. The molecule has 0 aliphatic heterocycles. The molecule has 0 amide bonds. The van der Waals surface area contributed by atoms with Crippen molar-refractivity contribution in [3.8, 4) is 55.6 Å². The van der Waals surface area contributed by atoms with Crippen molar-refractivity contribution >= 4 is 34.1 Å². The van der Waals surface area contributed by atoms with Crippen LogP contribution in [0, 0.1) is 0 Å². The Bertz CT molecular complexity index is 3370. The molecule has 2 nitrogen and oxygen atoms in total. The lowest BCUT2D eigenvalue weighted by molar-refractivity contribution is 1.28. The van der Waals surface area contributed by atoms with E-state index in [1.54, 1.807) is 48.5 Å². The Balaban J connectivity index is 1.01. The van der Waals surface area contributed by atoms with Gasteiger partial charge in [0.15, 0.2) is 0 Å². The highest BCUT2D eigenvalue weighted by molar-refractivity contribution is 5.83. The standard InChI is InChI=1S/C60H44N2/c1-5-13-45(14-6-1)49-21-33-55(34-22-49)61(56-35-23-50(24-36-56)46-15-7-2-8-16-46)59-41-29-53(30-42-59)54-31-43-60(44-32-54)62(57-37-25-51(26-38-57)47-17-9-3-10-18-47)58-39-27-52(28-40-58)48-19-11-4-12-20-48/h1-44H/i5D,6D,7D,8D,9D,10D,11D,12D,13D,14D,15D,16D,17D,18D,19D,20D. The van der Waals surface area contributed by atoms with E-state index in [0.29, 0.717) is 45.0 Å². The maximum Gasteiger partial charge on any atom is 0.0629 e. The van der Waals surface area contributed by atoms with Crippen molar-refractivity contribution in [2.75, 3.05) is 9.80 Å². The molecule has 10 aromatic carbocycles. The van der Waals surface area contributed by atoms with E-state index in [0.717, 1.165) is 22.5 Å². The van der Waals surface area contributed by atoms with E-state index < -0.39 is 0 Å². The summed E-state index contributed by atoms with van der Waals surface area (Å²) >= 11 is 0. The quantitative estimate of drug-likeness (QED) is 0.128. The summed E-state index contributed by atoms with van der Waals surface area (Å²) in [6, 6.07) is 46.6. The molecule has 62 heavy (non-hydrogen) atoms. The van der Waals surface area contributed by atoms with Crippen LogP contribution < -0.4 is 9.80 Å². The maximum atomic E-state index is 8.55. The van der Waals surface area contributed by atoms with Crippen molar-refractivity contribution in [1.82, 2.24) is 0 Å². The summed E-state index contributed by atoms with van der Waals surface area (Å²) in [5.41, 5.74) is 8.72. The van der Waals surface area contributed by atoms with Gasteiger partial charge in [-0.2, -0.15) is 0 Å². The first-order chi connectivity index (χ1) is 37.3. The average Bonchev–Trinajstić information content (AvgIpc) is 3.47. The zero-order chi connectivity index (χ0) is 55.4. The van der Waals surface area contributed by atoms with Gasteiger partial charge in [0.2, 0.25) is 0 Å². The van der Waals surface area contributed by atoms with Crippen LogP contribution in [0.1, 0.15) is 21.9 Å². The van der Waals surface area contributed by atoms with Crippen LogP contribution >= 0.6 is 0 Å². The zero-order valence-electron chi connectivity index (χ0n) is 49.1. The van der Waals surface area contributed by atoms with E-state index in [9.17, 15) is 0 Å². The first-order valence-corrected chi connectivity index (χ1v) is 19.8. The Hall–Kier alpha value is -8.20. The summed E-state index contributed by atoms with van der Waals surface area (Å²) in [5.74, 6) is 0. The molecule has 0 aliphatic rings. The van der Waals surface area contributed by atoms with Crippen LogP contribution in [-0.4, -0.2) is 0 Å². The van der Waals surface area contributed by atoms with Crippen LogP contribution in [0.25, 0.3) is 55.6 Å². The molecule has 0 unspecified atom stereocenters. The number of hydrogen-bond acceptors (Lipinski definition) is 2. The predicted molar refractivity (Wildman–Crippen MR) is 263 cm³/mol. The molecule has 2 heteroatoms. The van der Waals surface area contributed by atoms with Crippen LogP contribution in [0.3, 0.4) is 0 Å². The van der Waals surface area contributed by atoms with E-state index in [1.165, 1.54) is 24.3 Å². The third kappa shape index (κ3) is 8.18. The molecule has 0 saturated carbocycles. The summed E-state index contributed by atoms with van der Waals surface area (Å²) in [7, 11) is 0. The van der Waals surface area contributed by atoms with E-state index in [1.807, 2.05) is 107 Å². The van der Waals surface area contributed by atoms with Gasteiger partial charge in [-0.1, -0.05) is 194 Å². The van der Waals surface area contributed by atoms with Crippen LogP contribution in [0.4, 0.5) is 34.1 Å². The van der Waals surface area contributed by atoms with E-state index in [-0.39, 0.29) is 119 Å². The Labute approximate surface area is 387 Å². The smallest absolute Gasteiger partial charge is 0.0629 e. The van der Waals surface area contributed by atoms with Crippen molar-refractivity contribution in [3.63, 3.8) is 0 Å². The van der Waals surface area contributed by atoms with Crippen molar-refractivity contribution in [1.29, 1.82) is 0 Å². The molecular weight excluding hydrogens is 749 g/mol. The summed E-state index contributed by atoms with van der Waals surface area (Å²) in [6.07, 6.45) is 0. The van der Waals surface area contributed by atoms with Crippen LogP contribution in [0.2, 0.25) is 0 Å². The Morgan fingerprint density at radius 1 is 0.194 bits per heavy atom. The molecule has 0 aliphatic carbocycles. The summed E-state index contributed by atoms with van der Waals surface area (Å²) < 4.78 is 134. The second-order valence-electron chi connectivity index (χ2n) is 14.2. The SMILES string of the molecule is [2H]c1cc([2H])c([2H])c(-c2ccc(N(c3ccc(-c4ccc(N(c5ccc(-c6c([2H])c([2H])cc([2H])c6[2H])cc5)c5ccc(-c6c([2H])c([2H])cc([2H])c6[2H])cc5)cc4)cc3)c3ccc(-c4c([2H])c([2H])cc([2H])c4[2H])cc3)cc2)c1[2H]. The molecular formula is C60H44N2. The summed E-state index contributed by atoms with van der Waals surface area (Å²) in [6.45, 7) is 0. The molecule has 0 atom stereocenters. The Kier molecular flexibility index (Phi) is 6.84. The van der Waals surface area contributed by atoms with Gasteiger partial charge >= 0.3 is 0 Å². The summed E-state index contributed by atoms with van der Waals surface area (Å²) in [4.78, 5) is 3.95. The highest BCUT2D eigenvalue weighted by Gasteiger charge is 2.16.